The van der Waals surface area contributed by atoms with Gasteiger partial charge in [0.2, 0.25) is 5.91 Å². The Bertz CT molecular complexity index is 1020. The molecule has 6 nitrogen and oxygen atoms in total. The summed E-state index contributed by atoms with van der Waals surface area (Å²) in [5.41, 5.74) is 4.88. The minimum absolute atomic E-state index is 0.165. The van der Waals surface area contributed by atoms with Crippen molar-refractivity contribution in [2.75, 3.05) is 12.9 Å². The molecule has 1 N–H and O–H groups in total. The molecule has 3 aromatic carbocycles. The second kappa shape index (κ2) is 11.6. The molecule has 3 rings (SSSR count). The summed E-state index contributed by atoms with van der Waals surface area (Å²) >= 11 is 1.53. The summed E-state index contributed by atoms with van der Waals surface area (Å²) in [6, 6.07) is 23.5. The van der Waals surface area contributed by atoms with Gasteiger partial charge in [-0.05, 0) is 59.7 Å². The topological polar surface area (TPSA) is 77.0 Å². The zero-order valence-corrected chi connectivity index (χ0v) is 17.8. The van der Waals surface area contributed by atoms with E-state index in [2.05, 4.69) is 10.5 Å². The predicted octanol–water partition coefficient (Wildman–Crippen LogP) is 4.30. The van der Waals surface area contributed by atoms with E-state index < -0.39 is 5.97 Å². The number of methoxy groups -OCH3 is 1. The number of carbonyl (C=O) groups is 2. The van der Waals surface area contributed by atoms with Gasteiger partial charge in [-0.1, -0.05) is 30.3 Å². The molecule has 0 fully saturated rings. The number of amides is 1. The standard InChI is InChI=1S/C24H22N2O4S/c1-29-21-13-9-20(10-14-21)24(28)30-22-11-7-18(8-12-22)15-25-26-23(27)17-31-16-19-5-3-2-4-6-19/h2-15H,16-17H2,1H3,(H,26,27)/b25-15-. The van der Waals surface area contributed by atoms with Gasteiger partial charge >= 0.3 is 5.97 Å². The first-order chi connectivity index (χ1) is 15.1. The number of nitrogens with zero attached hydrogens (tertiary/aromatic N) is 1. The molecule has 0 aliphatic rings. The van der Waals surface area contributed by atoms with E-state index in [1.165, 1.54) is 23.5 Å². The summed E-state index contributed by atoms with van der Waals surface area (Å²) in [4.78, 5) is 24.0. The van der Waals surface area contributed by atoms with Crippen molar-refractivity contribution >= 4 is 29.9 Å². The van der Waals surface area contributed by atoms with Crippen molar-refractivity contribution in [3.05, 3.63) is 95.6 Å². The first-order valence-electron chi connectivity index (χ1n) is 9.54. The van der Waals surface area contributed by atoms with Crippen LogP contribution < -0.4 is 14.9 Å². The smallest absolute Gasteiger partial charge is 0.343 e. The number of benzene rings is 3. The molecule has 0 unspecified atom stereocenters. The number of esters is 1. The summed E-state index contributed by atoms with van der Waals surface area (Å²) in [5.74, 6) is 1.56. The van der Waals surface area contributed by atoms with Crippen LogP contribution in [0.15, 0.2) is 84.0 Å². The van der Waals surface area contributed by atoms with Crippen LogP contribution in [0.5, 0.6) is 11.5 Å². The number of thioether (sulfide) groups is 1. The number of hydrazone groups is 1. The monoisotopic (exact) mass is 434 g/mol. The van der Waals surface area contributed by atoms with E-state index in [1.807, 2.05) is 30.3 Å². The molecule has 0 saturated heterocycles. The lowest BCUT2D eigenvalue weighted by atomic mass is 10.2. The molecule has 0 aliphatic heterocycles. The molecular formula is C24H22N2O4S. The Labute approximate surface area is 185 Å². The molecule has 158 valence electrons. The van der Waals surface area contributed by atoms with Gasteiger partial charge in [-0.25, -0.2) is 10.2 Å². The highest BCUT2D eigenvalue weighted by Gasteiger charge is 2.08. The molecule has 31 heavy (non-hydrogen) atoms. The first-order valence-corrected chi connectivity index (χ1v) is 10.7. The molecule has 0 bridgehead atoms. The molecule has 0 heterocycles. The highest BCUT2D eigenvalue weighted by molar-refractivity contribution is 7.99. The maximum absolute atomic E-state index is 12.2. The van der Waals surface area contributed by atoms with Crippen LogP contribution in [0.25, 0.3) is 0 Å². The molecule has 0 aromatic heterocycles. The molecule has 3 aromatic rings. The van der Waals surface area contributed by atoms with Crippen molar-refractivity contribution in [3.63, 3.8) is 0 Å². The molecule has 7 heteroatoms. The van der Waals surface area contributed by atoms with Crippen LogP contribution in [0, 0.1) is 0 Å². The van der Waals surface area contributed by atoms with E-state index >= 15 is 0 Å². The lowest BCUT2D eigenvalue weighted by molar-refractivity contribution is -0.118. The van der Waals surface area contributed by atoms with Gasteiger partial charge in [-0.3, -0.25) is 4.79 Å². The summed E-state index contributed by atoms with van der Waals surface area (Å²) in [6.07, 6.45) is 1.54. The largest absolute Gasteiger partial charge is 0.497 e. The van der Waals surface area contributed by atoms with Crippen LogP contribution in [0.3, 0.4) is 0 Å². The van der Waals surface area contributed by atoms with E-state index in [-0.39, 0.29) is 5.91 Å². The summed E-state index contributed by atoms with van der Waals surface area (Å²) in [5, 5.41) is 3.96. The third kappa shape index (κ3) is 7.31. The molecule has 0 saturated carbocycles. The molecule has 0 radical (unpaired) electrons. The number of hydrogen-bond acceptors (Lipinski definition) is 6. The molecular weight excluding hydrogens is 412 g/mol. The Kier molecular flexibility index (Phi) is 8.25. The first kappa shape index (κ1) is 22.1. The van der Waals surface area contributed by atoms with Crippen LogP contribution in [-0.4, -0.2) is 31.0 Å². The van der Waals surface area contributed by atoms with Gasteiger partial charge in [0.25, 0.3) is 0 Å². The van der Waals surface area contributed by atoms with Crippen LogP contribution in [0.4, 0.5) is 0 Å². The number of hydrogen-bond donors (Lipinski definition) is 1. The molecule has 1 amide bonds. The fourth-order valence-electron chi connectivity index (χ4n) is 2.56. The van der Waals surface area contributed by atoms with Crippen molar-refractivity contribution in [2.45, 2.75) is 5.75 Å². The zero-order chi connectivity index (χ0) is 21.9. The third-order valence-corrected chi connectivity index (χ3v) is 5.17. The number of ether oxygens (including phenoxy) is 2. The van der Waals surface area contributed by atoms with Gasteiger partial charge in [-0.15, -0.1) is 11.8 Å². The van der Waals surface area contributed by atoms with Gasteiger partial charge in [0.15, 0.2) is 0 Å². The Balaban J connectivity index is 1.42. The Hall–Kier alpha value is -3.58. The maximum Gasteiger partial charge on any atom is 0.343 e. The second-order valence-corrected chi connectivity index (χ2v) is 7.44. The summed E-state index contributed by atoms with van der Waals surface area (Å²) < 4.78 is 10.4. The summed E-state index contributed by atoms with van der Waals surface area (Å²) in [6.45, 7) is 0. The molecule has 0 spiro atoms. The van der Waals surface area contributed by atoms with E-state index in [0.717, 1.165) is 11.3 Å². The van der Waals surface area contributed by atoms with Crippen molar-refractivity contribution < 1.29 is 19.1 Å². The van der Waals surface area contributed by atoms with Crippen molar-refractivity contribution in [2.24, 2.45) is 5.10 Å². The van der Waals surface area contributed by atoms with Crippen LogP contribution in [0.2, 0.25) is 0 Å². The van der Waals surface area contributed by atoms with Crippen LogP contribution in [-0.2, 0) is 10.5 Å². The highest BCUT2D eigenvalue weighted by Crippen LogP contribution is 2.16. The van der Waals surface area contributed by atoms with E-state index in [0.29, 0.717) is 22.8 Å². The maximum atomic E-state index is 12.2. The van der Waals surface area contributed by atoms with E-state index in [1.54, 1.807) is 55.6 Å². The Morgan fingerprint density at radius 2 is 1.61 bits per heavy atom. The van der Waals surface area contributed by atoms with Crippen molar-refractivity contribution in [1.29, 1.82) is 0 Å². The third-order valence-electron chi connectivity index (χ3n) is 4.16. The molecule has 0 atom stereocenters. The predicted molar refractivity (Wildman–Crippen MR) is 123 cm³/mol. The minimum atomic E-state index is -0.454. The zero-order valence-electron chi connectivity index (χ0n) is 17.0. The molecule has 0 aliphatic carbocycles. The number of nitrogens with one attached hydrogen (secondary N) is 1. The van der Waals surface area contributed by atoms with Gasteiger partial charge in [0.1, 0.15) is 11.5 Å². The van der Waals surface area contributed by atoms with Gasteiger partial charge < -0.3 is 9.47 Å². The van der Waals surface area contributed by atoms with Gasteiger partial charge in [0, 0.05) is 5.75 Å². The highest BCUT2D eigenvalue weighted by atomic mass is 32.2. The van der Waals surface area contributed by atoms with Gasteiger partial charge in [-0.2, -0.15) is 5.10 Å². The normalized spacial score (nSPS) is 10.6. The quantitative estimate of drug-likeness (QED) is 0.235. The minimum Gasteiger partial charge on any atom is -0.497 e. The van der Waals surface area contributed by atoms with Crippen molar-refractivity contribution in [1.82, 2.24) is 5.43 Å². The lowest BCUT2D eigenvalue weighted by Gasteiger charge is -2.05. The fourth-order valence-corrected chi connectivity index (χ4v) is 3.34. The average Bonchev–Trinajstić information content (AvgIpc) is 2.81. The van der Waals surface area contributed by atoms with Crippen LogP contribution in [0.1, 0.15) is 21.5 Å². The van der Waals surface area contributed by atoms with Crippen LogP contribution >= 0.6 is 11.8 Å². The number of rotatable bonds is 9. The van der Waals surface area contributed by atoms with Gasteiger partial charge in [0.05, 0.1) is 24.6 Å². The average molecular weight is 435 g/mol. The number of carbonyl (C=O) groups excluding carboxylic acids is 2. The van der Waals surface area contributed by atoms with Crippen molar-refractivity contribution in [3.8, 4) is 11.5 Å². The lowest BCUT2D eigenvalue weighted by Crippen LogP contribution is -2.19. The summed E-state index contributed by atoms with van der Waals surface area (Å²) in [7, 11) is 1.56. The Morgan fingerprint density at radius 1 is 0.935 bits per heavy atom. The fraction of sp³-hybridized carbons (Fsp3) is 0.125. The second-order valence-electron chi connectivity index (χ2n) is 6.46. The van der Waals surface area contributed by atoms with E-state index in [9.17, 15) is 9.59 Å². The Morgan fingerprint density at radius 3 is 2.29 bits per heavy atom. The SMILES string of the molecule is COc1ccc(C(=O)Oc2ccc(/C=N\NC(=O)CSCc3ccccc3)cc2)cc1. The van der Waals surface area contributed by atoms with E-state index in [4.69, 9.17) is 9.47 Å².